The minimum absolute atomic E-state index is 0.270. The summed E-state index contributed by atoms with van der Waals surface area (Å²) in [5, 5.41) is 3.67. The van der Waals surface area contributed by atoms with Gasteiger partial charge in [-0.05, 0) is 42.3 Å². The van der Waals surface area contributed by atoms with Crippen LogP contribution in [0, 0.1) is 12.7 Å². The number of methoxy groups -OCH3 is 2. The van der Waals surface area contributed by atoms with E-state index in [2.05, 4.69) is 5.32 Å². The van der Waals surface area contributed by atoms with Gasteiger partial charge in [0.25, 0.3) is 0 Å². The van der Waals surface area contributed by atoms with Crippen molar-refractivity contribution in [3.8, 4) is 11.5 Å². The van der Waals surface area contributed by atoms with Crippen LogP contribution in [0.1, 0.15) is 11.1 Å². The van der Waals surface area contributed by atoms with E-state index in [0.717, 1.165) is 16.8 Å². The lowest BCUT2D eigenvalue weighted by molar-refractivity contribution is 0.355. The van der Waals surface area contributed by atoms with Gasteiger partial charge in [0, 0.05) is 12.2 Å². The molecule has 0 saturated heterocycles. The number of hydrogen-bond donors (Lipinski definition) is 1. The number of halogens is 2. The highest BCUT2D eigenvalue weighted by Gasteiger charge is 2.11. The van der Waals surface area contributed by atoms with Gasteiger partial charge in [0.15, 0.2) is 11.5 Å². The molecule has 0 radical (unpaired) electrons. The van der Waals surface area contributed by atoms with E-state index in [-0.39, 0.29) is 5.82 Å². The number of nitrogens with one attached hydrogen (secondary N) is 1. The lowest BCUT2D eigenvalue weighted by Gasteiger charge is -2.13. The summed E-state index contributed by atoms with van der Waals surface area (Å²) in [5.74, 6) is 0.802. The molecule has 2 rings (SSSR count). The summed E-state index contributed by atoms with van der Waals surface area (Å²) in [4.78, 5) is 0. The molecule has 0 aliphatic rings. The van der Waals surface area contributed by atoms with Crippen LogP contribution in [0.5, 0.6) is 11.5 Å². The Morgan fingerprint density at radius 1 is 1.14 bits per heavy atom. The standard InChI is InChI=1S/C16H17ClFNO2/c1-10-4-5-12(18)8-14(10)19-9-11-6-13(17)16(21-3)15(7-11)20-2/h4-8,19H,9H2,1-3H3. The first-order valence-electron chi connectivity index (χ1n) is 6.45. The van der Waals surface area contributed by atoms with Crippen LogP contribution in [0.25, 0.3) is 0 Å². The van der Waals surface area contributed by atoms with E-state index in [1.54, 1.807) is 19.2 Å². The molecular weight excluding hydrogens is 293 g/mol. The smallest absolute Gasteiger partial charge is 0.179 e. The molecule has 0 atom stereocenters. The second-order valence-electron chi connectivity index (χ2n) is 4.63. The second-order valence-corrected chi connectivity index (χ2v) is 5.03. The molecule has 0 aliphatic heterocycles. The molecule has 0 spiro atoms. The Hall–Kier alpha value is -1.94. The summed E-state index contributed by atoms with van der Waals surface area (Å²) in [7, 11) is 3.10. The van der Waals surface area contributed by atoms with Crippen molar-refractivity contribution in [2.45, 2.75) is 13.5 Å². The second kappa shape index (κ2) is 6.68. The fourth-order valence-electron chi connectivity index (χ4n) is 2.06. The van der Waals surface area contributed by atoms with E-state index in [4.69, 9.17) is 21.1 Å². The van der Waals surface area contributed by atoms with Crippen molar-refractivity contribution in [1.29, 1.82) is 0 Å². The molecule has 0 aliphatic carbocycles. The van der Waals surface area contributed by atoms with Crippen molar-refractivity contribution >= 4 is 17.3 Å². The highest BCUT2D eigenvalue weighted by atomic mass is 35.5. The maximum Gasteiger partial charge on any atom is 0.179 e. The average molecular weight is 310 g/mol. The first-order chi connectivity index (χ1) is 10.0. The number of aryl methyl sites for hydroxylation is 1. The molecule has 0 fully saturated rings. The van der Waals surface area contributed by atoms with Crippen molar-refractivity contribution in [3.63, 3.8) is 0 Å². The van der Waals surface area contributed by atoms with E-state index in [9.17, 15) is 4.39 Å². The van der Waals surface area contributed by atoms with E-state index in [0.29, 0.717) is 23.1 Å². The third kappa shape index (κ3) is 3.58. The van der Waals surface area contributed by atoms with Crippen LogP contribution >= 0.6 is 11.6 Å². The van der Waals surface area contributed by atoms with Crippen molar-refractivity contribution in [2.75, 3.05) is 19.5 Å². The number of rotatable bonds is 5. The summed E-state index contributed by atoms with van der Waals surface area (Å²) >= 11 is 6.16. The predicted molar refractivity (Wildman–Crippen MR) is 83.0 cm³/mol. The third-order valence-electron chi connectivity index (χ3n) is 3.18. The van der Waals surface area contributed by atoms with Crippen molar-refractivity contribution < 1.29 is 13.9 Å². The van der Waals surface area contributed by atoms with Crippen LogP contribution in [-0.2, 0) is 6.54 Å². The highest BCUT2D eigenvalue weighted by Crippen LogP contribution is 2.36. The molecule has 0 aromatic heterocycles. The van der Waals surface area contributed by atoms with Gasteiger partial charge in [-0.3, -0.25) is 0 Å². The third-order valence-corrected chi connectivity index (χ3v) is 3.46. The highest BCUT2D eigenvalue weighted by molar-refractivity contribution is 6.32. The number of hydrogen-bond acceptors (Lipinski definition) is 3. The topological polar surface area (TPSA) is 30.5 Å². The van der Waals surface area contributed by atoms with E-state index in [1.165, 1.54) is 19.2 Å². The van der Waals surface area contributed by atoms with Crippen LogP contribution in [0.15, 0.2) is 30.3 Å². The van der Waals surface area contributed by atoms with Crippen molar-refractivity contribution in [3.05, 3.63) is 52.3 Å². The fourth-order valence-corrected chi connectivity index (χ4v) is 2.37. The molecule has 1 N–H and O–H groups in total. The molecule has 2 aromatic carbocycles. The normalized spacial score (nSPS) is 10.3. The van der Waals surface area contributed by atoms with Crippen molar-refractivity contribution in [2.24, 2.45) is 0 Å². The van der Waals surface area contributed by atoms with Gasteiger partial charge in [-0.1, -0.05) is 17.7 Å². The number of ether oxygens (including phenoxy) is 2. The first-order valence-corrected chi connectivity index (χ1v) is 6.83. The first kappa shape index (κ1) is 15.4. The number of anilines is 1. The molecule has 5 heteroatoms. The summed E-state index contributed by atoms with van der Waals surface area (Å²) in [6.45, 7) is 2.42. The fraction of sp³-hybridized carbons (Fsp3) is 0.250. The van der Waals surface area contributed by atoms with Gasteiger partial charge in [-0.25, -0.2) is 4.39 Å². The lowest BCUT2D eigenvalue weighted by atomic mass is 10.1. The minimum atomic E-state index is -0.270. The summed E-state index contributed by atoms with van der Waals surface area (Å²) in [5.41, 5.74) is 2.64. The average Bonchev–Trinajstić information content (AvgIpc) is 2.47. The van der Waals surface area contributed by atoms with Gasteiger partial charge in [0.05, 0.1) is 19.2 Å². The Morgan fingerprint density at radius 2 is 1.90 bits per heavy atom. The molecule has 0 bridgehead atoms. The Kier molecular flexibility index (Phi) is 4.91. The quantitative estimate of drug-likeness (QED) is 0.887. The summed E-state index contributed by atoms with van der Waals surface area (Å²) in [6.07, 6.45) is 0. The zero-order chi connectivity index (χ0) is 15.4. The van der Waals surface area contributed by atoms with Gasteiger partial charge >= 0.3 is 0 Å². The monoisotopic (exact) mass is 309 g/mol. The van der Waals surface area contributed by atoms with Gasteiger partial charge in [-0.2, -0.15) is 0 Å². The molecule has 0 unspecified atom stereocenters. The van der Waals surface area contributed by atoms with Gasteiger partial charge in [0.2, 0.25) is 0 Å². The Labute approximate surface area is 128 Å². The molecule has 3 nitrogen and oxygen atoms in total. The maximum absolute atomic E-state index is 13.3. The van der Waals surface area contributed by atoms with Gasteiger partial charge in [0.1, 0.15) is 5.82 Å². The largest absolute Gasteiger partial charge is 0.493 e. The van der Waals surface area contributed by atoms with E-state index in [1.807, 2.05) is 13.0 Å². The zero-order valence-corrected chi connectivity index (χ0v) is 12.9. The molecular formula is C16H17ClFNO2. The van der Waals surface area contributed by atoms with Crippen LogP contribution in [0.3, 0.4) is 0 Å². The van der Waals surface area contributed by atoms with E-state index < -0.39 is 0 Å². The van der Waals surface area contributed by atoms with Gasteiger partial charge in [-0.15, -0.1) is 0 Å². The summed E-state index contributed by atoms with van der Waals surface area (Å²) in [6, 6.07) is 8.28. The van der Waals surface area contributed by atoms with Crippen LogP contribution in [0.4, 0.5) is 10.1 Å². The molecule has 2 aromatic rings. The molecule has 0 heterocycles. The minimum Gasteiger partial charge on any atom is -0.493 e. The molecule has 0 saturated carbocycles. The number of benzene rings is 2. The van der Waals surface area contributed by atoms with Crippen molar-refractivity contribution in [1.82, 2.24) is 0 Å². The van der Waals surface area contributed by atoms with E-state index >= 15 is 0 Å². The SMILES string of the molecule is COc1cc(CNc2cc(F)ccc2C)cc(Cl)c1OC. The lowest BCUT2D eigenvalue weighted by Crippen LogP contribution is -2.02. The van der Waals surface area contributed by atoms with Crippen LogP contribution in [0.2, 0.25) is 5.02 Å². The Bertz CT molecular complexity index is 646. The maximum atomic E-state index is 13.3. The van der Waals surface area contributed by atoms with Crippen LogP contribution in [-0.4, -0.2) is 14.2 Å². The Balaban J connectivity index is 2.20. The molecule has 0 amide bonds. The summed E-state index contributed by atoms with van der Waals surface area (Å²) < 4.78 is 23.7. The Morgan fingerprint density at radius 3 is 2.57 bits per heavy atom. The van der Waals surface area contributed by atoms with Gasteiger partial charge < -0.3 is 14.8 Å². The van der Waals surface area contributed by atoms with Crippen LogP contribution < -0.4 is 14.8 Å². The zero-order valence-electron chi connectivity index (χ0n) is 12.2. The predicted octanol–water partition coefficient (Wildman–Crippen LogP) is 4.42. The molecule has 21 heavy (non-hydrogen) atoms. The molecule has 112 valence electrons.